The highest BCUT2D eigenvalue weighted by Gasteiger charge is 2.35. The maximum absolute atomic E-state index is 13.0. The summed E-state index contributed by atoms with van der Waals surface area (Å²) in [5, 5.41) is 28.9. The van der Waals surface area contributed by atoms with Crippen molar-refractivity contribution in [1.29, 1.82) is 0 Å². The summed E-state index contributed by atoms with van der Waals surface area (Å²) in [5.41, 5.74) is 2.24. The normalized spacial score (nSPS) is 15.8. The second-order valence-corrected chi connectivity index (χ2v) is 10.2. The minimum Gasteiger partial charge on any atom is -0.396 e. The quantitative estimate of drug-likeness (QED) is 0.227. The van der Waals surface area contributed by atoms with E-state index in [4.69, 9.17) is 0 Å². The van der Waals surface area contributed by atoms with Crippen LogP contribution in [-0.4, -0.2) is 82.5 Å². The molecule has 0 radical (unpaired) electrons. The molecule has 0 aliphatic carbocycles. The van der Waals surface area contributed by atoms with Gasteiger partial charge in [0.2, 0.25) is 0 Å². The Morgan fingerprint density at radius 3 is 1.76 bits per heavy atom. The Hall–Kier alpha value is -4.55. The summed E-state index contributed by atoms with van der Waals surface area (Å²) in [7, 11) is 0. The van der Waals surface area contributed by atoms with E-state index in [1.807, 2.05) is 0 Å². The van der Waals surface area contributed by atoms with Gasteiger partial charge in [0.15, 0.2) is 12.2 Å². The lowest BCUT2D eigenvalue weighted by atomic mass is 9.89. The number of hydrogen-bond acceptors (Lipinski definition) is 10. The number of nitrogens with zero attached hydrogens (tertiary/aromatic N) is 1. The molecule has 0 amide bonds. The molecule has 1 aliphatic rings. The van der Waals surface area contributed by atoms with E-state index in [1.165, 1.54) is 73.5 Å². The standard InChI is InChI=1S/C18H14O8.C16H22FNO/c19-13(17(23)25-15(21)11-7-3-1-4-8-11)14(20)18(24)26-16(22)12-9-5-2-6-10-12;1-2-3-9-18-10-8-16(14(11-18)12-19)13-4-6-15(17)7-5-13/h1-10,13-14,19-20H;4-8,14,19H,2-3,9-12H2,1H3. The molecule has 0 saturated heterocycles. The summed E-state index contributed by atoms with van der Waals surface area (Å²) < 4.78 is 21.7. The van der Waals surface area contributed by atoms with Crippen molar-refractivity contribution >= 4 is 29.5 Å². The van der Waals surface area contributed by atoms with Gasteiger partial charge >= 0.3 is 23.9 Å². The zero-order valence-corrected chi connectivity index (χ0v) is 24.8. The van der Waals surface area contributed by atoms with Gasteiger partial charge in [-0.3, -0.25) is 4.90 Å². The van der Waals surface area contributed by atoms with Crippen molar-refractivity contribution in [3.63, 3.8) is 0 Å². The van der Waals surface area contributed by atoms with E-state index < -0.39 is 36.1 Å². The van der Waals surface area contributed by atoms with E-state index in [0.717, 1.165) is 30.8 Å². The van der Waals surface area contributed by atoms with Gasteiger partial charge in [0.05, 0.1) is 17.7 Å². The molecule has 0 aromatic heterocycles. The maximum atomic E-state index is 13.0. The number of unbranched alkanes of at least 4 members (excludes halogenated alkanes) is 1. The number of aliphatic hydroxyl groups is 3. The predicted octanol–water partition coefficient (Wildman–Crippen LogP) is 3.41. The Bertz CT molecular complexity index is 1380. The first-order valence-corrected chi connectivity index (χ1v) is 14.4. The number of hydrogen-bond donors (Lipinski definition) is 3. The van der Waals surface area contributed by atoms with Crippen molar-refractivity contribution in [2.45, 2.75) is 32.0 Å². The number of benzene rings is 3. The van der Waals surface area contributed by atoms with Gasteiger partial charge in [0.1, 0.15) is 5.82 Å². The van der Waals surface area contributed by atoms with E-state index in [-0.39, 0.29) is 29.5 Å². The number of carbonyl (C=O) groups is 4. The van der Waals surface area contributed by atoms with Gasteiger partial charge in [-0.25, -0.2) is 23.6 Å². The van der Waals surface area contributed by atoms with E-state index in [2.05, 4.69) is 27.4 Å². The number of aliphatic hydroxyl groups excluding tert-OH is 3. The fourth-order valence-electron chi connectivity index (χ4n) is 4.42. The number of rotatable bonds is 10. The summed E-state index contributed by atoms with van der Waals surface area (Å²) >= 11 is 0. The molecule has 0 saturated carbocycles. The SMILES string of the molecule is CCCCN1CC=C(c2ccc(F)cc2)C(CO)C1.O=C(OC(=O)C(O)C(O)C(=O)OC(=O)c1ccccc1)c1ccccc1. The molecule has 0 bridgehead atoms. The molecule has 3 unspecified atom stereocenters. The molecule has 3 aromatic rings. The van der Waals surface area contributed by atoms with Crippen molar-refractivity contribution in [2.24, 2.45) is 5.92 Å². The molecule has 0 spiro atoms. The van der Waals surface area contributed by atoms with E-state index >= 15 is 0 Å². The molecule has 4 rings (SSSR count). The lowest BCUT2D eigenvalue weighted by Gasteiger charge is -2.32. The zero-order valence-electron chi connectivity index (χ0n) is 24.8. The van der Waals surface area contributed by atoms with Crippen LogP contribution in [0.1, 0.15) is 46.0 Å². The fraction of sp³-hybridized carbons (Fsp3) is 0.294. The zero-order chi connectivity index (χ0) is 32.8. The molecule has 3 atom stereocenters. The monoisotopic (exact) mass is 621 g/mol. The molecule has 1 aliphatic heterocycles. The molecular formula is C34H36FNO9. The average Bonchev–Trinajstić information content (AvgIpc) is 3.07. The molecule has 0 fully saturated rings. The van der Waals surface area contributed by atoms with Gasteiger partial charge in [0.25, 0.3) is 0 Å². The predicted molar refractivity (Wildman–Crippen MR) is 162 cm³/mol. The van der Waals surface area contributed by atoms with Gasteiger partial charge in [-0.05, 0) is 60.5 Å². The second-order valence-electron chi connectivity index (χ2n) is 10.2. The van der Waals surface area contributed by atoms with Crippen LogP contribution in [0.15, 0.2) is 91.0 Å². The van der Waals surface area contributed by atoms with Gasteiger partial charge in [0, 0.05) is 19.0 Å². The minimum atomic E-state index is -2.40. The van der Waals surface area contributed by atoms with E-state index in [9.17, 15) is 38.9 Å². The van der Waals surface area contributed by atoms with Gasteiger partial charge in [-0.2, -0.15) is 0 Å². The van der Waals surface area contributed by atoms with E-state index in [0.29, 0.717) is 0 Å². The molecule has 3 N–H and O–H groups in total. The summed E-state index contributed by atoms with van der Waals surface area (Å²) in [6, 6.07) is 21.4. The largest absolute Gasteiger partial charge is 0.396 e. The lowest BCUT2D eigenvalue weighted by molar-refractivity contribution is -0.166. The van der Waals surface area contributed by atoms with Crippen LogP contribution in [0.2, 0.25) is 0 Å². The molecule has 3 aromatic carbocycles. The molecule has 10 nitrogen and oxygen atoms in total. The molecule has 45 heavy (non-hydrogen) atoms. The van der Waals surface area contributed by atoms with Crippen LogP contribution in [0, 0.1) is 11.7 Å². The van der Waals surface area contributed by atoms with Crippen LogP contribution in [0.25, 0.3) is 5.57 Å². The summed E-state index contributed by atoms with van der Waals surface area (Å²) in [6.07, 6.45) is -0.252. The first-order valence-electron chi connectivity index (χ1n) is 14.4. The van der Waals surface area contributed by atoms with Crippen molar-refractivity contribution in [2.75, 3.05) is 26.2 Å². The van der Waals surface area contributed by atoms with Crippen molar-refractivity contribution in [3.05, 3.63) is 114 Å². The maximum Gasteiger partial charge on any atom is 0.346 e. The Labute approximate surface area is 260 Å². The van der Waals surface area contributed by atoms with Crippen LogP contribution in [0.4, 0.5) is 4.39 Å². The molecule has 11 heteroatoms. The Kier molecular flexibility index (Phi) is 13.7. The van der Waals surface area contributed by atoms with Crippen LogP contribution in [0.3, 0.4) is 0 Å². The lowest BCUT2D eigenvalue weighted by Crippen LogP contribution is -2.43. The highest BCUT2D eigenvalue weighted by Crippen LogP contribution is 2.28. The Balaban J connectivity index is 0.000000257. The van der Waals surface area contributed by atoms with Gasteiger partial charge in [-0.15, -0.1) is 0 Å². The Morgan fingerprint density at radius 1 is 0.822 bits per heavy atom. The summed E-state index contributed by atoms with van der Waals surface area (Å²) in [5.74, 6) is -5.35. The highest BCUT2D eigenvalue weighted by molar-refractivity contribution is 6.01. The molecule has 1 heterocycles. The van der Waals surface area contributed by atoms with Crippen LogP contribution >= 0.6 is 0 Å². The van der Waals surface area contributed by atoms with Gasteiger partial charge in [-0.1, -0.05) is 68.0 Å². The van der Waals surface area contributed by atoms with E-state index in [1.54, 1.807) is 24.3 Å². The number of halogens is 1. The van der Waals surface area contributed by atoms with Crippen LogP contribution < -0.4 is 0 Å². The van der Waals surface area contributed by atoms with Crippen LogP contribution in [0.5, 0.6) is 0 Å². The third-order valence-corrected chi connectivity index (χ3v) is 6.90. The van der Waals surface area contributed by atoms with Crippen LogP contribution in [-0.2, 0) is 19.1 Å². The molecule has 238 valence electrons. The smallest absolute Gasteiger partial charge is 0.346 e. The van der Waals surface area contributed by atoms with Gasteiger partial charge < -0.3 is 24.8 Å². The number of esters is 4. The topological polar surface area (TPSA) is 151 Å². The minimum absolute atomic E-state index is 0.0318. The fourth-order valence-corrected chi connectivity index (χ4v) is 4.42. The summed E-state index contributed by atoms with van der Waals surface area (Å²) in [6.45, 7) is 5.22. The Morgan fingerprint density at radius 2 is 1.31 bits per heavy atom. The number of ether oxygens (including phenoxy) is 2. The third-order valence-electron chi connectivity index (χ3n) is 6.90. The highest BCUT2D eigenvalue weighted by atomic mass is 19.1. The van der Waals surface area contributed by atoms with Crippen molar-refractivity contribution in [1.82, 2.24) is 4.90 Å². The average molecular weight is 622 g/mol. The van der Waals surface area contributed by atoms with Crippen molar-refractivity contribution in [3.8, 4) is 0 Å². The summed E-state index contributed by atoms with van der Waals surface area (Å²) in [4.78, 5) is 49.2. The second kappa shape index (κ2) is 17.7. The molecular weight excluding hydrogens is 585 g/mol. The third kappa shape index (κ3) is 10.5. The number of carbonyl (C=O) groups excluding carboxylic acids is 4. The first kappa shape index (κ1) is 34.9. The first-order chi connectivity index (χ1) is 21.6. The van der Waals surface area contributed by atoms with Crippen molar-refractivity contribution < 1.29 is 48.4 Å².